The third kappa shape index (κ3) is 5.06. The van der Waals surface area contributed by atoms with Crippen molar-refractivity contribution in [3.63, 3.8) is 0 Å². The van der Waals surface area contributed by atoms with Gasteiger partial charge in [-0.05, 0) is 18.8 Å². The van der Waals surface area contributed by atoms with Gasteiger partial charge >= 0.3 is 0 Å². The Balaban J connectivity index is 2.55. The molecule has 0 spiro atoms. The molecule has 1 aliphatic carbocycles. The first-order valence-electron chi connectivity index (χ1n) is 7.80. The van der Waals surface area contributed by atoms with Crippen LogP contribution in [0.1, 0.15) is 65.7 Å². The Bertz CT molecular complexity index is 361. The predicted molar refractivity (Wildman–Crippen MR) is 78.3 cm³/mol. The lowest BCUT2D eigenvalue weighted by Crippen LogP contribution is -2.46. The summed E-state index contributed by atoms with van der Waals surface area (Å²) in [5, 5.41) is 2.80. The minimum atomic E-state index is -0.616. The average molecular weight is 281 g/mol. The third-order valence-corrected chi connectivity index (χ3v) is 4.21. The van der Waals surface area contributed by atoms with Gasteiger partial charge in [0, 0.05) is 12.8 Å². The molecule has 0 bridgehead atoms. The van der Waals surface area contributed by atoms with Crippen molar-refractivity contribution in [1.29, 1.82) is 0 Å². The molecule has 0 radical (unpaired) electrons. The maximum atomic E-state index is 12.1. The van der Waals surface area contributed by atoms with E-state index < -0.39 is 17.6 Å². The van der Waals surface area contributed by atoms with Crippen LogP contribution >= 0.6 is 0 Å². The minimum Gasteiger partial charge on any atom is -0.346 e. The number of carbonyl (C=O) groups excluding carboxylic acids is 3. The SMILES string of the molecule is CCCCC(C)C(=O)NC(CC1CCC1)C(=O)C(C)=O. The van der Waals surface area contributed by atoms with Crippen molar-refractivity contribution in [2.24, 2.45) is 11.8 Å². The highest BCUT2D eigenvalue weighted by molar-refractivity contribution is 6.38. The normalized spacial score (nSPS) is 17.9. The maximum Gasteiger partial charge on any atom is 0.223 e. The van der Waals surface area contributed by atoms with Crippen LogP contribution in [0.3, 0.4) is 0 Å². The smallest absolute Gasteiger partial charge is 0.223 e. The van der Waals surface area contributed by atoms with Crippen molar-refractivity contribution in [3.8, 4) is 0 Å². The van der Waals surface area contributed by atoms with E-state index in [1.165, 1.54) is 13.3 Å². The van der Waals surface area contributed by atoms with Crippen molar-refractivity contribution >= 4 is 17.5 Å². The first-order valence-corrected chi connectivity index (χ1v) is 7.80. The van der Waals surface area contributed by atoms with Crippen LogP contribution in [0.15, 0.2) is 0 Å². The van der Waals surface area contributed by atoms with Crippen molar-refractivity contribution in [1.82, 2.24) is 5.32 Å². The van der Waals surface area contributed by atoms with Gasteiger partial charge in [0.1, 0.15) is 0 Å². The number of unbranched alkanes of at least 4 members (excludes halogenated alkanes) is 1. The Morgan fingerprint density at radius 1 is 1.25 bits per heavy atom. The second-order valence-electron chi connectivity index (χ2n) is 6.06. The zero-order valence-corrected chi connectivity index (χ0v) is 12.9. The number of hydrogen-bond acceptors (Lipinski definition) is 3. The fourth-order valence-corrected chi connectivity index (χ4v) is 2.49. The van der Waals surface area contributed by atoms with E-state index in [1.807, 2.05) is 6.92 Å². The summed E-state index contributed by atoms with van der Waals surface area (Å²) in [6.45, 7) is 5.25. The molecule has 1 aliphatic rings. The van der Waals surface area contributed by atoms with E-state index in [9.17, 15) is 14.4 Å². The fourth-order valence-electron chi connectivity index (χ4n) is 2.49. The van der Waals surface area contributed by atoms with Crippen LogP contribution in [0.4, 0.5) is 0 Å². The number of hydrogen-bond donors (Lipinski definition) is 1. The van der Waals surface area contributed by atoms with E-state index in [1.54, 1.807) is 0 Å². The summed E-state index contributed by atoms with van der Waals surface area (Å²) in [6.07, 6.45) is 6.88. The monoisotopic (exact) mass is 281 g/mol. The molecule has 0 aliphatic heterocycles. The fraction of sp³-hybridized carbons (Fsp3) is 0.812. The summed E-state index contributed by atoms with van der Waals surface area (Å²) in [5.41, 5.74) is 0. The Kier molecular flexibility index (Phi) is 6.89. The topological polar surface area (TPSA) is 63.2 Å². The number of ketones is 2. The van der Waals surface area contributed by atoms with E-state index in [0.717, 1.165) is 32.1 Å². The molecule has 0 aromatic heterocycles. The van der Waals surface area contributed by atoms with E-state index in [4.69, 9.17) is 0 Å². The Morgan fingerprint density at radius 2 is 1.90 bits per heavy atom. The largest absolute Gasteiger partial charge is 0.346 e. The molecule has 114 valence electrons. The summed E-state index contributed by atoms with van der Waals surface area (Å²) in [5.74, 6) is -0.630. The van der Waals surface area contributed by atoms with Gasteiger partial charge in [-0.15, -0.1) is 0 Å². The first-order chi connectivity index (χ1) is 9.45. The molecule has 1 rings (SSSR count). The van der Waals surface area contributed by atoms with Gasteiger partial charge in [0.25, 0.3) is 0 Å². The molecule has 4 heteroatoms. The van der Waals surface area contributed by atoms with Crippen molar-refractivity contribution in [3.05, 3.63) is 0 Å². The van der Waals surface area contributed by atoms with Crippen molar-refractivity contribution in [2.45, 2.75) is 71.8 Å². The van der Waals surface area contributed by atoms with Crippen molar-refractivity contribution < 1.29 is 14.4 Å². The lowest BCUT2D eigenvalue weighted by molar-refractivity contribution is -0.138. The van der Waals surface area contributed by atoms with Crippen LogP contribution in [0, 0.1) is 11.8 Å². The molecule has 2 unspecified atom stereocenters. The minimum absolute atomic E-state index is 0.0985. The maximum absolute atomic E-state index is 12.1. The molecular weight excluding hydrogens is 254 g/mol. The number of nitrogens with one attached hydrogen (secondary N) is 1. The van der Waals surface area contributed by atoms with Gasteiger partial charge in [0.05, 0.1) is 6.04 Å². The molecular formula is C16H27NO3. The lowest BCUT2D eigenvalue weighted by atomic mass is 9.79. The van der Waals surface area contributed by atoms with Gasteiger partial charge in [0.15, 0.2) is 5.78 Å². The van der Waals surface area contributed by atoms with Crippen LogP contribution in [0.5, 0.6) is 0 Å². The molecule has 0 aromatic carbocycles. The van der Waals surface area contributed by atoms with E-state index in [0.29, 0.717) is 12.3 Å². The second kappa shape index (κ2) is 8.18. The molecule has 20 heavy (non-hydrogen) atoms. The summed E-state index contributed by atoms with van der Waals surface area (Å²) in [6, 6.07) is -0.616. The molecule has 1 saturated carbocycles. The van der Waals surface area contributed by atoms with Gasteiger partial charge in [0.2, 0.25) is 11.7 Å². The molecule has 1 amide bonds. The number of Topliss-reactive ketones (excluding diaryl/α,β-unsaturated/α-hetero) is 2. The van der Waals surface area contributed by atoms with Crippen LogP contribution < -0.4 is 5.32 Å². The zero-order chi connectivity index (χ0) is 15.1. The Morgan fingerprint density at radius 3 is 2.35 bits per heavy atom. The highest BCUT2D eigenvalue weighted by Crippen LogP contribution is 2.30. The summed E-state index contributed by atoms with van der Waals surface area (Å²) in [7, 11) is 0. The number of rotatable bonds is 9. The Labute approximate surface area is 121 Å². The van der Waals surface area contributed by atoms with E-state index >= 15 is 0 Å². The van der Waals surface area contributed by atoms with Gasteiger partial charge < -0.3 is 5.32 Å². The molecule has 0 aromatic rings. The lowest BCUT2D eigenvalue weighted by Gasteiger charge is -2.29. The molecule has 0 heterocycles. The molecule has 0 saturated heterocycles. The molecule has 1 N–H and O–H groups in total. The van der Waals surface area contributed by atoms with Crippen molar-refractivity contribution in [2.75, 3.05) is 0 Å². The number of amides is 1. The Hall–Kier alpha value is -1.19. The van der Waals surface area contributed by atoms with Crippen LogP contribution in [0.25, 0.3) is 0 Å². The second-order valence-corrected chi connectivity index (χ2v) is 6.06. The zero-order valence-electron chi connectivity index (χ0n) is 12.9. The summed E-state index contributed by atoms with van der Waals surface area (Å²) in [4.78, 5) is 35.3. The number of carbonyl (C=O) groups is 3. The van der Waals surface area contributed by atoms with Crippen LogP contribution in [-0.2, 0) is 14.4 Å². The highest BCUT2D eigenvalue weighted by Gasteiger charge is 2.30. The molecule has 2 atom stereocenters. The highest BCUT2D eigenvalue weighted by atomic mass is 16.2. The van der Waals surface area contributed by atoms with Crippen LogP contribution in [-0.4, -0.2) is 23.5 Å². The van der Waals surface area contributed by atoms with Crippen LogP contribution in [0.2, 0.25) is 0 Å². The predicted octanol–water partition coefficient (Wildman–Crippen LogP) is 2.65. The molecule has 1 fully saturated rings. The first kappa shape index (κ1) is 16.9. The van der Waals surface area contributed by atoms with Gasteiger partial charge in [-0.2, -0.15) is 0 Å². The quantitative estimate of drug-likeness (QED) is 0.661. The third-order valence-electron chi connectivity index (χ3n) is 4.21. The summed E-state index contributed by atoms with van der Waals surface area (Å²) < 4.78 is 0. The van der Waals surface area contributed by atoms with E-state index in [-0.39, 0.29) is 11.8 Å². The molecule has 4 nitrogen and oxygen atoms in total. The average Bonchev–Trinajstić information content (AvgIpc) is 2.37. The standard InChI is InChI=1S/C16H27NO3/c1-4-5-7-11(2)16(20)17-14(15(19)12(3)18)10-13-8-6-9-13/h11,13-14H,4-10H2,1-3H3,(H,17,20). The summed E-state index contributed by atoms with van der Waals surface area (Å²) >= 11 is 0. The van der Waals surface area contributed by atoms with Gasteiger partial charge in [-0.3, -0.25) is 14.4 Å². The van der Waals surface area contributed by atoms with E-state index in [2.05, 4.69) is 12.2 Å². The van der Waals surface area contributed by atoms with Gasteiger partial charge in [-0.1, -0.05) is 46.0 Å². The van der Waals surface area contributed by atoms with Gasteiger partial charge in [-0.25, -0.2) is 0 Å².